The average molecular weight is 335 g/mol. The van der Waals surface area contributed by atoms with E-state index in [4.69, 9.17) is 4.74 Å². The molecule has 0 aromatic carbocycles. The molecule has 0 saturated carbocycles. The van der Waals surface area contributed by atoms with Crippen molar-refractivity contribution < 1.29 is 13.2 Å². The standard InChI is InChI=1S/C16H21N3O3S/c1-22-9-6-14-11-18-8-3-4-15(18)13-19(12-14)23(20,21)16-5-2-7-17-10-16/h2-5,7-8,10,14H,6,9,11-13H2,1H3. The van der Waals surface area contributed by atoms with Gasteiger partial charge in [-0.25, -0.2) is 8.42 Å². The van der Waals surface area contributed by atoms with E-state index in [9.17, 15) is 8.42 Å². The van der Waals surface area contributed by atoms with E-state index < -0.39 is 10.0 Å². The second kappa shape index (κ2) is 6.82. The number of hydrogen-bond acceptors (Lipinski definition) is 4. The Morgan fingerprint density at radius 3 is 2.91 bits per heavy atom. The summed E-state index contributed by atoms with van der Waals surface area (Å²) in [5.74, 6) is 0.218. The number of nitrogens with zero attached hydrogens (tertiary/aromatic N) is 3. The maximum Gasteiger partial charge on any atom is 0.244 e. The molecule has 1 unspecified atom stereocenters. The molecule has 1 aliphatic rings. The van der Waals surface area contributed by atoms with Crippen molar-refractivity contribution in [2.75, 3.05) is 20.3 Å². The summed E-state index contributed by atoms with van der Waals surface area (Å²) in [4.78, 5) is 4.18. The summed E-state index contributed by atoms with van der Waals surface area (Å²) in [6.45, 7) is 2.31. The van der Waals surface area contributed by atoms with Crippen molar-refractivity contribution in [1.29, 1.82) is 0 Å². The summed E-state index contributed by atoms with van der Waals surface area (Å²) >= 11 is 0. The van der Waals surface area contributed by atoms with Crippen molar-refractivity contribution in [2.45, 2.75) is 24.4 Å². The molecule has 0 N–H and O–H groups in total. The zero-order valence-electron chi connectivity index (χ0n) is 13.1. The monoisotopic (exact) mass is 335 g/mol. The molecule has 0 saturated heterocycles. The zero-order valence-corrected chi connectivity index (χ0v) is 13.9. The number of aromatic nitrogens is 2. The Labute approximate surface area is 136 Å². The summed E-state index contributed by atoms with van der Waals surface area (Å²) in [6, 6.07) is 7.18. The van der Waals surface area contributed by atoms with Crippen LogP contribution >= 0.6 is 0 Å². The highest BCUT2D eigenvalue weighted by Crippen LogP contribution is 2.25. The van der Waals surface area contributed by atoms with Crippen molar-refractivity contribution in [3.05, 3.63) is 48.5 Å². The van der Waals surface area contributed by atoms with Gasteiger partial charge in [0.25, 0.3) is 0 Å². The largest absolute Gasteiger partial charge is 0.385 e. The summed E-state index contributed by atoms with van der Waals surface area (Å²) in [5, 5.41) is 0. The van der Waals surface area contributed by atoms with Crippen LogP contribution in [-0.2, 0) is 27.8 Å². The van der Waals surface area contributed by atoms with Gasteiger partial charge in [0.05, 0.1) is 6.54 Å². The molecule has 0 amide bonds. The summed E-state index contributed by atoms with van der Waals surface area (Å²) in [7, 11) is -1.88. The van der Waals surface area contributed by atoms with E-state index in [0.29, 0.717) is 19.7 Å². The molecule has 23 heavy (non-hydrogen) atoms. The van der Waals surface area contributed by atoms with Gasteiger partial charge in [0.2, 0.25) is 10.0 Å². The van der Waals surface area contributed by atoms with E-state index in [-0.39, 0.29) is 10.8 Å². The van der Waals surface area contributed by atoms with Crippen LogP contribution in [0.2, 0.25) is 0 Å². The van der Waals surface area contributed by atoms with Crippen LogP contribution in [0.25, 0.3) is 0 Å². The Balaban J connectivity index is 1.91. The van der Waals surface area contributed by atoms with Crippen molar-refractivity contribution in [1.82, 2.24) is 13.9 Å². The smallest absolute Gasteiger partial charge is 0.244 e. The quantitative estimate of drug-likeness (QED) is 0.835. The number of ether oxygens (including phenoxy) is 1. The third-order valence-corrected chi connectivity index (χ3v) is 5.98. The lowest BCUT2D eigenvalue weighted by molar-refractivity contribution is 0.167. The van der Waals surface area contributed by atoms with Crippen molar-refractivity contribution >= 4 is 10.0 Å². The number of hydrogen-bond donors (Lipinski definition) is 0. The van der Waals surface area contributed by atoms with Gasteiger partial charge in [0.1, 0.15) is 4.90 Å². The third-order valence-electron chi connectivity index (χ3n) is 4.18. The molecule has 7 heteroatoms. The van der Waals surface area contributed by atoms with Crippen LogP contribution in [0.15, 0.2) is 47.8 Å². The van der Waals surface area contributed by atoms with Crippen molar-refractivity contribution in [3.8, 4) is 0 Å². The van der Waals surface area contributed by atoms with Crippen LogP contribution in [0, 0.1) is 5.92 Å². The number of pyridine rings is 1. The van der Waals surface area contributed by atoms with Gasteiger partial charge in [-0.15, -0.1) is 0 Å². The molecule has 1 aliphatic heterocycles. The molecule has 0 fully saturated rings. The summed E-state index contributed by atoms with van der Waals surface area (Å²) in [6.07, 6.45) is 5.82. The lowest BCUT2D eigenvalue weighted by atomic mass is 10.1. The second-order valence-corrected chi connectivity index (χ2v) is 7.72. The van der Waals surface area contributed by atoms with E-state index in [1.165, 1.54) is 6.20 Å². The van der Waals surface area contributed by atoms with Crippen LogP contribution < -0.4 is 0 Å². The second-order valence-electron chi connectivity index (χ2n) is 5.79. The predicted octanol–water partition coefficient (Wildman–Crippen LogP) is 1.74. The zero-order chi connectivity index (χ0) is 16.3. The lowest BCUT2D eigenvalue weighted by Crippen LogP contribution is -2.34. The van der Waals surface area contributed by atoms with Gasteiger partial charge in [0.15, 0.2) is 0 Å². The number of sulfonamides is 1. The Morgan fingerprint density at radius 1 is 1.30 bits per heavy atom. The van der Waals surface area contributed by atoms with Gasteiger partial charge in [-0.2, -0.15) is 4.31 Å². The highest BCUT2D eigenvalue weighted by Gasteiger charge is 2.30. The first kappa shape index (κ1) is 16.2. The van der Waals surface area contributed by atoms with E-state index in [0.717, 1.165) is 18.7 Å². The molecule has 0 spiro atoms. The fourth-order valence-electron chi connectivity index (χ4n) is 2.94. The fourth-order valence-corrected chi connectivity index (χ4v) is 4.39. The molecule has 124 valence electrons. The van der Waals surface area contributed by atoms with Crippen LogP contribution in [0.1, 0.15) is 12.1 Å². The van der Waals surface area contributed by atoms with Gasteiger partial charge in [-0.05, 0) is 36.6 Å². The first-order chi connectivity index (χ1) is 11.1. The summed E-state index contributed by atoms with van der Waals surface area (Å²) < 4.78 is 34.7. The number of methoxy groups -OCH3 is 1. The minimum Gasteiger partial charge on any atom is -0.385 e. The van der Waals surface area contributed by atoms with Gasteiger partial charge < -0.3 is 9.30 Å². The SMILES string of the molecule is COCCC1CN(S(=O)(=O)c2cccnc2)Cc2cccn2C1. The lowest BCUT2D eigenvalue weighted by Gasteiger charge is -2.23. The molecule has 3 rings (SSSR count). The molecule has 0 bridgehead atoms. The first-order valence-electron chi connectivity index (χ1n) is 7.64. The minimum atomic E-state index is -3.55. The number of rotatable bonds is 5. The normalized spacial score (nSPS) is 19.3. The van der Waals surface area contributed by atoms with Crippen LogP contribution in [0.3, 0.4) is 0 Å². The topological polar surface area (TPSA) is 64.4 Å². The predicted molar refractivity (Wildman–Crippen MR) is 86.2 cm³/mol. The molecular weight excluding hydrogens is 314 g/mol. The van der Waals surface area contributed by atoms with Crippen LogP contribution in [0.4, 0.5) is 0 Å². The molecule has 6 nitrogen and oxygen atoms in total. The van der Waals surface area contributed by atoms with Crippen molar-refractivity contribution in [3.63, 3.8) is 0 Å². The van der Waals surface area contributed by atoms with Gasteiger partial charge >= 0.3 is 0 Å². The Morgan fingerprint density at radius 2 is 2.17 bits per heavy atom. The molecule has 2 aromatic rings. The van der Waals surface area contributed by atoms with E-state index in [1.54, 1.807) is 29.7 Å². The Bertz CT molecular complexity index is 743. The van der Waals surface area contributed by atoms with E-state index in [1.807, 2.05) is 18.3 Å². The fraction of sp³-hybridized carbons (Fsp3) is 0.438. The molecule has 1 atom stereocenters. The van der Waals surface area contributed by atoms with Gasteiger partial charge in [-0.1, -0.05) is 0 Å². The highest BCUT2D eigenvalue weighted by molar-refractivity contribution is 7.89. The Kier molecular flexibility index (Phi) is 4.79. The Hall–Kier alpha value is -1.70. The first-order valence-corrected chi connectivity index (χ1v) is 9.08. The van der Waals surface area contributed by atoms with Gasteiger partial charge in [0, 0.05) is 51.1 Å². The molecule has 0 radical (unpaired) electrons. The van der Waals surface area contributed by atoms with E-state index >= 15 is 0 Å². The summed E-state index contributed by atoms with van der Waals surface area (Å²) in [5.41, 5.74) is 1.01. The van der Waals surface area contributed by atoms with Crippen molar-refractivity contribution in [2.24, 2.45) is 5.92 Å². The molecule has 2 aromatic heterocycles. The maximum atomic E-state index is 12.9. The average Bonchev–Trinajstić information content (AvgIpc) is 2.91. The van der Waals surface area contributed by atoms with Crippen LogP contribution in [-0.4, -0.2) is 42.5 Å². The van der Waals surface area contributed by atoms with Gasteiger partial charge in [-0.3, -0.25) is 4.98 Å². The molecule has 0 aliphatic carbocycles. The van der Waals surface area contributed by atoms with E-state index in [2.05, 4.69) is 9.55 Å². The number of fused-ring (bicyclic) bond motifs is 1. The molecular formula is C16H21N3O3S. The minimum absolute atomic E-state index is 0.218. The highest BCUT2D eigenvalue weighted by atomic mass is 32.2. The van der Waals surface area contributed by atoms with Crippen LogP contribution in [0.5, 0.6) is 0 Å². The maximum absolute atomic E-state index is 12.9. The third kappa shape index (κ3) is 3.46. The molecule has 3 heterocycles.